The Balaban J connectivity index is 1.79. The first-order valence-corrected chi connectivity index (χ1v) is 10.2. The lowest BCUT2D eigenvalue weighted by Crippen LogP contribution is -2.56. The van der Waals surface area contributed by atoms with E-state index in [0.717, 1.165) is 6.20 Å². The first-order chi connectivity index (χ1) is 14.4. The number of fused-ring (bicyclic) bond motifs is 1. The third-order valence-corrected chi connectivity index (χ3v) is 6.26. The maximum atomic E-state index is 15.1. The highest BCUT2D eigenvalue weighted by Crippen LogP contribution is 2.53. The molecule has 2 atom stereocenters. The third kappa shape index (κ3) is 3.89. The maximum absolute atomic E-state index is 15.1. The first-order valence-electron chi connectivity index (χ1n) is 10.2. The second kappa shape index (κ2) is 7.22. The zero-order chi connectivity index (χ0) is 22.6. The van der Waals surface area contributed by atoms with Gasteiger partial charge in [-0.2, -0.15) is 0 Å². The Hall–Kier alpha value is -2.61. The molecule has 8 heteroatoms. The van der Waals surface area contributed by atoms with Crippen molar-refractivity contribution in [3.63, 3.8) is 0 Å². The van der Waals surface area contributed by atoms with Crippen molar-refractivity contribution in [2.24, 2.45) is 22.1 Å². The summed E-state index contributed by atoms with van der Waals surface area (Å²) < 4.78 is 53.9. The van der Waals surface area contributed by atoms with Crippen LogP contribution >= 0.6 is 0 Å². The van der Waals surface area contributed by atoms with Crippen molar-refractivity contribution in [3.05, 3.63) is 53.5 Å². The number of ether oxygens (including phenoxy) is 2. The molecule has 2 aliphatic heterocycles. The van der Waals surface area contributed by atoms with Crippen molar-refractivity contribution in [3.8, 4) is 11.6 Å². The lowest BCUT2D eigenvalue weighted by atomic mass is 9.63. The minimum atomic E-state index is -1.02. The van der Waals surface area contributed by atoms with Crippen molar-refractivity contribution in [1.29, 1.82) is 0 Å². The summed E-state index contributed by atoms with van der Waals surface area (Å²) in [5.41, 5.74) is 4.85. The highest BCUT2D eigenvalue weighted by molar-refractivity contribution is 5.87. The summed E-state index contributed by atoms with van der Waals surface area (Å²) in [6.45, 7) is 8.22. The molecular weight excluding hydrogens is 407 g/mol. The van der Waals surface area contributed by atoms with Gasteiger partial charge in [-0.25, -0.2) is 18.2 Å². The Morgan fingerprint density at radius 1 is 1.06 bits per heavy atom. The van der Waals surface area contributed by atoms with Gasteiger partial charge < -0.3 is 15.2 Å². The SMILES string of the molecule is CC1(C)C[C@H]2CC(C)(C)C(N)=N[C@@]2(c2cc(Oc3ncc(F)cc3F)ccc2F)CO1. The Morgan fingerprint density at radius 3 is 2.52 bits per heavy atom. The van der Waals surface area contributed by atoms with E-state index in [-0.39, 0.29) is 34.9 Å². The summed E-state index contributed by atoms with van der Waals surface area (Å²) in [7, 11) is 0. The summed E-state index contributed by atoms with van der Waals surface area (Å²) in [5.74, 6) is -2.08. The Bertz CT molecular complexity index is 1050. The van der Waals surface area contributed by atoms with E-state index in [2.05, 4.69) is 4.98 Å². The van der Waals surface area contributed by atoms with Gasteiger partial charge in [-0.15, -0.1) is 0 Å². The summed E-state index contributed by atoms with van der Waals surface area (Å²) in [6.07, 6.45) is 2.24. The maximum Gasteiger partial charge on any atom is 0.256 e. The van der Waals surface area contributed by atoms with Crippen LogP contribution in [0.3, 0.4) is 0 Å². The predicted molar refractivity (Wildman–Crippen MR) is 110 cm³/mol. The topological polar surface area (TPSA) is 69.7 Å². The molecule has 31 heavy (non-hydrogen) atoms. The summed E-state index contributed by atoms with van der Waals surface area (Å²) >= 11 is 0. The van der Waals surface area contributed by atoms with Crippen molar-refractivity contribution in [2.45, 2.75) is 51.7 Å². The Morgan fingerprint density at radius 2 is 1.81 bits per heavy atom. The van der Waals surface area contributed by atoms with E-state index < -0.39 is 28.9 Å². The minimum absolute atomic E-state index is 0.0241. The van der Waals surface area contributed by atoms with Crippen LogP contribution in [0, 0.1) is 28.8 Å². The van der Waals surface area contributed by atoms with Crippen LogP contribution in [0.15, 0.2) is 35.5 Å². The van der Waals surface area contributed by atoms with Crippen LogP contribution in [0.5, 0.6) is 11.6 Å². The molecule has 4 rings (SSSR count). The summed E-state index contributed by atoms with van der Waals surface area (Å²) in [4.78, 5) is 8.43. The predicted octanol–water partition coefficient (Wildman–Crippen LogP) is 5.09. The normalized spacial score (nSPS) is 26.7. The number of benzene rings is 1. The van der Waals surface area contributed by atoms with Crippen LogP contribution in [-0.4, -0.2) is 23.0 Å². The van der Waals surface area contributed by atoms with Crippen molar-refractivity contribution < 1.29 is 22.6 Å². The van der Waals surface area contributed by atoms with Gasteiger partial charge in [-0.3, -0.25) is 4.99 Å². The second-order valence-electron chi connectivity index (χ2n) is 9.64. The smallest absolute Gasteiger partial charge is 0.256 e. The van der Waals surface area contributed by atoms with Gasteiger partial charge in [0.05, 0.1) is 18.4 Å². The van der Waals surface area contributed by atoms with E-state index in [9.17, 15) is 8.78 Å². The fraction of sp³-hybridized carbons (Fsp3) is 0.478. The van der Waals surface area contributed by atoms with E-state index in [1.165, 1.54) is 18.2 Å². The fourth-order valence-electron chi connectivity index (χ4n) is 4.54. The summed E-state index contributed by atoms with van der Waals surface area (Å²) in [6, 6.07) is 4.75. The van der Waals surface area contributed by atoms with Crippen molar-refractivity contribution in [1.82, 2.24) is 4.98 Å². The van der Waals surface area contributed by atoms with Gasteiger partial charge in [-0.1, -0.05) is 13.8 Å². The van der Waals surface area contributed by atoms with Crippen LogP contribution in [0.4, 0.5) is 13.2 Å². The quantitative estimate of drug-likeness (QED) is 0.732. The molecule has 0 amide bonds. The van der Waals surface area contributed by atoms with Crippen molar-refractivity contribution in [2.75, 3.05) is 6.61 Å². The zero-order valence-corrected chi connectivity index (χ0v) is 18.0. The number of aromatic nitrogens is 1. The lowest BCUT2D eigenvalue weighted by molar-refractivity contribution is -0.123. The molecule has 0 spiro atoms. The number of rotatable bonds is 3. The molecule has 166 valence electrons. The number of hydrogen-bond acceptors (Lipinski definition) is 5. The first kappa shape index (κ1) is 21.6. The van der Waals surface area contributed by atoms with Crippen molar-refractivity contribution >= 4 is 5.84 Å². The van der Waals surface area contributed by atoms with Crippen LogP contribution in [0.2, 0.25) is 0 Å². The molecule has 0 unspecified atom stereocenters. The Labute approximate surface area is 179 Å². The molecule has 1 saturated heterocycles. The van der Waals surface area contributed by atoms with E-state index in [1.54, 1.807) is 0 Å². The zero-order valence-electron chi connectivity index (χ0n) is 18.0. The number of nitrogens with zero attached hydrogens (tertiary/aromatic N) is 2. The van der Waals surface area contributed by atoms with Gasteiger partial charge in [0.15, 0.2) is 5.82 Å². The molecule has 2 aliphatic rings. The molecule has 1 aromatic carbocycles. The standard InChI is InChI=1S/C23H26F3N3O2/c1-21(2)9-13-10-22(3,4)30-12-23(13,29-20(21)27)16-8-15(5-6-17(16)25)31-19-18(26)7-14(24)11-28-19/h5-8,11,13H,9-10,12H2,1-4H3,(H2,27,29)/t13-,23+/m1/s1. The fourth-order valence-corrected chi connectivity index (χ4v) is 4.54. The number of aliphatic imine (C=N–C) groups is 1. The van der Waals surface area contributed by atoms with Gasteiger partial charge in [0.25, 0.3) is 5.88 Å². The van der Waals surface area contributed by atoms with Gasteiger partial charge in [0.2, 0.25) is 0 Å². The second-order valence-corrected chi connectivity index (χ2v) is 9.64. The minimum Gasteiger partial charge on any atom is -0.436 e. The molecular formula is C23H26F3N3O2. The molecule has 0 bridgehead atoms. The monoisotopic (exact) mass is 433 g/mol. The van der Waals surface area contributed by atoms with Crippen LogP contribution in [-0.2, 0) is 10.3 Å². The largest absolute Gasteiger partial charge is 0.436 e. The lowest BCUT2D eigenvalue weighted by Gasteiger charge is -2.52. The van der Waals surface area contributed by atoms with E-state index in [4.69, 9.17) is 20.2 Å². The number of hydrogen-bond donors (Lipinski definition) is 1. The van der Waals surface area contributed by atoms with E-state index in [0.29, 0.717) is 24.7 Å². The van der Waals surface area contributed by atoms with Gasteiger partial charge in [-0.05, 0) is 50.8 Å². The molecule has 3 heterocycles. The van der Waals surface area contributed by atoms with Crippen LogP contribution in [0.1, 0.15) is 46.1 Å². The average Bonchev–Trinajstić information content (AvgIpc) is 2.66. The molecule has 2 N–H and O–H groups in total. The molecule has 1 aromatic heterocycles. The van der Waals surface area contributed by atoms with Crippen LogP contribution < -0.4 is 10.5 Å². The number of pyridine rings is 1. The molecule has 2 aromatic rings. The van der Waals surface area contributed by atoms with Crippen LogP contribution in [0.25, 0.3) is 0 Å². The molecule has 0 saturated carbocycles. The third-order valence-electron chi connectivity index (χ3n) is 6.26. The molecule has 0 aliphatic carbocycles. The van der Waals surface area contributed by atoms with Gasteiger partial charge >= 0.3 is 0 Å². The molecule has 0 radical (unpaired) electrons. The molecule has 1 fully saturated rings. The van der Waals surface area contributed by atoms with E-state index >= 15 is 4.39 Å². The molecule has 5 nitrogen and oxygen atoms in total. The number of amidine groups is 1. The number of nitrogens with two attached hydrogens (primary N) is 1. The van der Waals surface area contributed by atoms with E-state index in [1.807, 2.05) is 27.7 Å². The van der Waals surface area contributed by atoms with Gasteiger partial charge in [0, 0.05) is 17.0 Å². The summed E-state index contributed by atoms with van der Waals surface area (Å²) in [5, 5.41) is 0. The average molecular weight is 433 g/mol. The highest BCUT2D eigenvalue weighted by atomic mass is 19.1. The number of halogens is 3. The van der Waals surface area contributed by atoms with Gasteiger partial charge in [0.1, 0.15) is 28.8 Å². The Kier molecular flexibility index (Phi) is 5.04. The highest BCUT2D eigenvalue weighted by Gasteiger charge is 2.54.